The van der Waals surface area contributed by atoms with Crippen LogP contribution in [0.3, 0.4) is 0 Å². The van der Waals surface area contributed by atoms with Crippen LogP contribution in [0.4, 0.5) is 0 Å². The third-order valence-electron chi connectivity index (χ3n) is 3.01. The summed E-state index contributed by atoms with van der Waals surface area (Å²) in [6.07, 6.45) is 7.69. The number of hydrogen-bond donors (Lipinski definition) is 1. The third-order valence-corrected chi connectivity index (χ3v) is 3.01. The number of rotatable bonds is 5. The van der Waals surface area contributed by atoms with Crippen molar-refractivity contribution in [2.75, 3.05) is 19.7 Å². The number of nitrogens with zero attached hydrogens (tertiary/aromatic N) is 1. The molecule has 1 atom stereocenters. The van der Waals surface area contributed by atoms with Gasteiger partial charge in [0.05, 0.1) is 6.61 Å². The van der Waals surface area contributed by atoms with Crippen molar-refractivity contribution < 1.29 is 5.11 Å². The van der Waals surface area contributed by atoms with E-state index in [0.717, 1.165) is 0 Å². The van der Waals surface area contributed by atoms with Crippen molar-refractivity contribution in [3.05, 3.63) is 0 Å². The van der Waals surface area contributed by atoms with Gasteiger partial charge < -0.3 is 5.11 Å². The Morgan fingerprint density at radius 3 is 2.46 bits per heavy atom. The molecule has 0 aromatic heterocycles. The van der Waals surface area contributed by atoms with E-state index >= 15 is 0 Å². The Labute approximate surface area is 81.9 Å². The quantitative estimate of drug-likeness (QED) is 0.708. The van der Waals surface area contributed by atoms with Crippen LogP contribution in [0, 0.1) is 0 Å². The highest BCUT2D eigenvalue weighted by molar-refractivity contribution is 4.74. The predicted octanol–water partition coefficient (Wildman–Crippen LogP) is 2.02. The van der Waals surface area contributed by atoms with Gasteiger partial charge in [0.1, 0.15) is 0 Å². The summed E-state index contributed by atoms with van der Waals surface area (Å²) >= 11 is 0. The van der Waals surface area contributed by atoms with E-state index in [4.69, 9.17) is 0 Å². The number of piperidine rings is 1. The van der Waals surface area contributed by atoms with Crippen LogP contribution in [0.2, 0.25) is 0 Å². The molecule has 78 valence electrons. The minimum atomic E-state index is 0.347. The van der Waals surface area contributed by atoms with Gasteiger partial charge >= 0.3 is 0 Å². The SMILES string of the molecule is CCCCC(CO)N1CCCCC1. The molecule has 1 heterocycles. The summed E-state index contributed by atoms with van der Waals surface area (Å²) in [5, 5.41) is 9.26. The van der Waals surface area contributed by atoms with Gasteiger partial charge in [-0.15, -0.1) is 0 Å². The number of unbranched alkanes of at least 4 members (excludes halogenated alkanes) is 1. The molecule has 13 heavy (non-hydrogen) atoms. The second kappa shape index (κ2) is 6.39. The summed E-state index contributed by atoms with van der Waals surface area (Å²) in [5.41, 5.74) is 0. The monoisotopic (exact) mass is 185 g/mol. The van der Waals surface area contributed by atoms with Gasteiger partial charge in [0, 0.05) is 6.04 Å². The summed E-state index contributed by atoms with van der Waals surface area (Å²) in [7, 11) is 0. The molecule has 2 nitrogen and oxygen atoms in total. The fourth-order valence-corrected chi connectivity index (χ4v) is 2.11. The maximum absolute atomic E-state index is 9.26. The Morgan fingerprint density at radius 1 is 1.23 bits per heavy atom. The van der Waals surface area contributed by atoms with E-state index in [2.05, 4.69) is 11.8 Å². The van der Waals surface area contributed by atoms with Crippen molar-refractivity contribution in [3.63, 3.8) is 0 Å². The molecule has 0 amide bonds. The lowest BCUT2D eigenvalue weighted by Gasteiger charge is -2.33. The lowest BCUT2D eigenvalue weighted by molar-refractivity contribution is 0.0968. The molecular weight excluding hydrogens is 162 g/mol. The Bertz CT molecular complexity index is 121. The van der Waals surface area contributed by atoms with Gasteiger partial charge in [-0.3, -0.25) is 4.90 Å². The predicted molar refractivity (Wildman–Crippen MR) is 55.8 cm³/mol. The standard InChI is InChI=1S/C11H23NO/c1-2-3-7-11(10-13)12-8-5-4-6-9-12/h11,13H,2-10H2,1H3. The van der Waals surface area contributed by atoms with Crippen LogP contribution < -0.4 is 0 Å². The first-order valence-electron chi connectivity index (χ1n) is 5.73. The maximum Gasteiger partial charge on any atom is 0.0586 e. The summed E-state index contributed by atoms with van der Waals surface area (Å²) in [5.74, 6) is 0. The molecule has 1 rings (SSSR count). The summed E-state index contributed by atoms with van der Waals surface area (Å²) in [4.78, 5) is 2.47. The summed E-state index contributed by atoms with van der Waals surface area (Å²) in [6.45, 7) is 4.97. The van der Waals surface area contributed by atoms with Crippen LogP contribution in [-0.4, -0.2) is 35.7 Å². The Hall–Kier alpha value is -0.0800. The van der Waals surface area contributed by atoms with Crippen LogP contribution in [-0.2, 0) is 0 Å². The smallest absolute Gasteiger partial charge is 0.0586 e. The van der Waals surface area contributed by atoms with Crippen LogP contribution in [0.5, 0.6) is 0 Å². The van der Waals surface area contributed by atoms with Crippen molar-refractivity contribution >= 4 is 0 Å². The third kappa shape index (κ3) is 3.65. The first-order chi connectivity index (χ1) is 6.38. The fraction of sp³-hybridized carbons (Fsp3) is 1.00. The summed E-state index contributed by atoms with van der Waals surface area (Å²) < 4.78 is 0. The number of aliphatic hydroxyl groups excluding tert-OH is 1. The van der Waals surface area contributed by atoms with Crippen molar-refractivity contribution in [1.29, 1.82) is 0 Å². The van der Waals surface area contributed by atoms with E-state index < -0.39 is 0 Å². The summed E-state index contributed by atoms with van der Waals surface area (Å²) in [6, 6.07) is 0.445. The Morgan fingerprint density at radius 2 is 1.92 bits per heavy atom. The Balaban J connectivity index is 2.26. The van der Waals surface area contributed by atoms with Crippen LogP contribution >= 0.6 is 0 Å². The zero-order valence-electron chi connectivity index (χ0n) is 8.84. The van der Waals surface area contributed by atoms with Gasteiger partial charge in [-0.25, -0.2) is 0 Å². The van der Waals surface area contributed by atoms with E-state index in [0.29, 0.717) is 12.6 Å². The van der Waals surface area contributed by atoms with Crippen molar-refractivity contribution in [2.45, 2.75) is 51.5 Å². The fourth-order valence-electron chi connectivity index (χ4n) is 2.11. The van der Waals surface area contributed by atoms with Gasteiger partial charge in [0.25, 0.3) is 0 Å². The lowest BCUT2D eigenvalue weighted by atomic mass is 10.0. The first-order valence-corrected chi connectivity index (χ1v) is 5.73. The van der Waals surface area contributed by atoms with Crippen molar-refractivity contribution in [2.24, 2.45) is 0 Å². The number of hydrogen-bond acceptors (Lipinski definition) is 2. The highest BCUT2D eigenvalue weighted by atomic mass is 16.3. The average molecular weight is 185 g/mol. The molecule has 1 N–H and O–H groups in total. The topological polar surface area (TPSA) is 23.5 Å². The Kier molecular flexibility index (Phi) is 5.40. The molecule has 0 spiro atoms. The normalized spacial score (nSPS) is 21.7. The molecule has 1 fully saturated rings. The molecule has 1 aliphatic rings. The molecule has 1 aliphatic heterocycles. The van der Waals surface area contributed by atoms with Gasteiger partial charge in [-0.05, 0) is 32.4 Å². The van der Waals surface area contributed by atoms with E-state index in [1.165, 1.54) is 51.6 Å². The van der Waals surface area contributed by atoms with Gasteiger partial charge in [-0.1, -0.05) is 26.2 Å². The van der Waals surface area contributed by atoms with Crippen LogP contribution in [0.25, 0.3) is 0 Å². The molecule has 0 aliphatic carbocycles. The van der Waals surface area contributed by atoms with Crippen LogP contribution in [0.15, 0.2) is 0 Å². The van der Waals surface area contributed by atoms with Crippen molar-refractivity contribution in [1.82, 2.24) is 4.90 Å². The average Bonchev–Trinajstić information content (AvgIpc) is 2.21. The second-order valence-electron chi connectivity index (χ2n) is 4.08. The molecule has 0 saturated carbocycles. The minimum Gasteiger partial charge on any atom is -0.395 e. The minimum absolute atomic E-state index is 0.347. The molecule has 0 aromatic rings. The second-order valence-corrected chi connectivity index (χ2v) is 4.08. The van der Waals surface area contributed by atoms with E-state index in [1.807, 2.05) is 0 Å². The van der Waals surface area contributed by atoms with E-state index in [1.54, 1.807) is 0 Å². The first kappa shape index (κ1) is 11.0. The molecule has 0 bridgehead atoms. The highest BCUT2D eigenvalue weighted by Crippen LogP contribution is 2.15. The zero-order chi connectivity index (χ0) is 9.52. The molecule has 1 unspecified atom stereocenters. The van der Waals surface area contributed by atoms with Gasteiger partial charge in [0.2, 0.25) is 0 Å². The highest BCUT2D eigenvalue weighted by Gasteiger charge is 2.18. The molecule has 1 saturated heterocycles. The van der Waals surface area contributed by atoms with Crippen LogP contribution in [0.1, 0.15) is 45.4 Å². The molecule has 0 aromatic carbocycles. The molecular formula is C11H23NO. The van der Waals surface area contributed by atoms with E-state index in [9.17, 15) is 5.11 Å². The lowest BCUT2D eigenvalue weighted by Crippen LogP contribution is -2.41. The largest absolute Gasteiger partial charge is 0.395 e. The molecule has 2 heteroatoms. The number of likely N-dealkylation sites (tertiary alicyclic amines) is 1. The van der Waals surface area contributed by atoms with Crippen molar-refractivity contribution in [3.8, 4) is 0 Å². The number of aliphatic hydroxyl groups is 1. The van der Waals surface area contributed by atoms with Gasteiger partial charge in [-0.2, -0.15) is 0 Å². The molecule has 0 radical (unpaired) electrons. The van der Waals surface area contributed by atoms with Gasteiger partial charge in [0.15, 0.2) is 0 Å². The van der Waals surface area contributed by atoms with E-state index in [-0.39, 0.29) is 0 Å². The maximum atomic E-state index is 9.26. The zero-order valence-corrected chi connectivity index (χ0v) is 8.84.